The van der Waals surface area contributed by atoms with Crippen molar-refractivity contribution in [3.05, 3.63) is 29.3 Å². The van der Waals surface area contributed by atoms with Crippen LogP contribution in [-0.4, -0.2) is 27.3 Å². The van der Waals surface area contributed by atoms with Crippen LogP contribution in [0.15, 0.2) is 23.1 Å². The fourth-order valence-corrected chi connectivity index (χ4v) is 3.09. The zero-order valence-electron chi connectivity index (χ0n) is 10.1. The van der Waals surface area contributed by atoms with Crippen molar-refractivity contribution < 1.29 is 8.42 Å². The van der Waals surface area contributed by atoms with Gasteiger partial charge in [0.05, 0.1) is 10.6 Å². The number of sulfone groups is 1. The van der Waals surface area contributed by atoms with Crippen molar-refractivity contribution in [3.63, 3.8) is 0 Å². The van der Waals surface area contributed by atoms with Crippen molar-refractivity contribution in [1.82, 2.24) is 5.32 Å². The molecule has 0 aliphatic rings. The maximum atomic E-state index is 12.0. The second-order valence-corrected chi connectivity index (χ2v) is 6.02. The lowest BCUT2D eigenvalue weighted by Gasteiger charge is -2.08. The molecule has 4 heteroatoms. The van der Waals surface area contributed by atoms with Crippen molar-refractivity contribution >= 4 is 9.84 Å². The number of benzene rings is 1. The lowest BCUT2D eigenvalue weighted by Crippen LogP contribution is -2.23. The lowest BCUT2D eigenvalue weighted by molar-refractivity contribution is 0.591. The Morgan fingerprint density at radius 1 is 1.25 bits per heavy atom. The second-order valence-electron chi connectivity index (χ2n) is 3.94. The number of rotatable bonds is 5. The van der Waals surface area contributed by atoms with E-state index in [1.54, 1.807) is 6.07 Å². The topological polar surface area (TPSA) is 46.2 Å². The summed E-state index contributed by atoms with van der Waals surface area (Å²) in [6.07, 6.45) is 0. The summed E-state index contributed by atoms with van der Waals surface area (Å²) in [6.45, 7) is 7.00. The van der Waals surface area contributed by atoms with Gasteiger partial charge in [0.1, 0.15) is 0 Å². The fourth-order valence-electron chi connectivity index (χ4n) is 1.54. The first-order valence-electron chi connectivity index (χ1n) is 5.48. The summed E-state index contributed by atoms with van der Waals surface area (Å²) in [4.78, 5) is 0.463. The quantitative estimate of drug-likeness (QED) is 0.798. The fraction of sp³-hybridized carbons (Fsp3) is 0.500. The van der Waals surface area contributed by atoms with Crippen LogP contribution in [0.5, 0.6) is 0 Å². The molecule has 0 radical (unpaired) electrons. The Bertz CT molecular complexity index is 452. The molecule has 1 aromatic carbocycles. The Balaban J connectivity index is 2.93. The standard InChI is InChI=1S/C12H19NO2S/c1-4-13-7-8-16(14,15)12-9-10(2)5-6-11(12)3/h5-6,9,13H,4,7-8H2,1-3H3. The molecule has 0 aliphatic heterocycles. The molecule has 0 aliphatic carbocycles. The highest BCUT2D eigenvalue weighted by Crippen LogP contribution is 2.17. The molecule has 0 atom stereocenters. The van der Waals surface area contributed by atoms with Crippen LogP contribution < -0.4 is 5.32 Å². The van der Waals surface area contributed by atoms with Crippen LogP contribution in [0.2, 0.25) is 0 Å². The van der Waals surface area contributed by atoms with E-state index in [2.05, 4.69) is 5.32 Å². The molecule has 0 unspecified atom stereocenters. The molecule has 0 bridgehead atoms. The average molecular weight is 241 g/mol. The summed E-state index contributed by atoms with van der Waals surface area (Å²) in [5.74, 6) is 0.158. The van der Waals surface area contributed by atoms with Gasteiger partial charge in [-0.15, -0.1) is 0 Å². The molecule has 0 fully saturated rings. The van der Waals surface area contributed by atoms with Crippen LogP contribution in [0.25, 0.3) is 0 Å². The van der Waals surface area contributed by atoms with Gasteiger partial charge in [0.25, 0.3) is 0 Å². The van der Waals surface area contributed by atoms with Crippen LogP contribution in [0.3, 0.4) is 0 Å². The first-order chi connectivity index (χ1) is 7.47. The summed E-state index contributed by atoms with van der Waals surface area (Å²) in [5, 5.41) is 3.03. The first-order valence-corrected chi connectivity index (χ1v) is 7.13. The predicted octanol–water partition coefficient (Wildman–Crippen LogP) is 1.69. The second kappa shape index (κ2) is 5.46. The lowest BCUT2D eigenvalue weighted by atomic mass is 10.2. The molecule has 0 heterocycles. The van der Waals surface area contributed by atoms with Gasteiger partial charge in [0.2, 0.25) is 0 Å². The van der Waals surface area contributed by atoms with Crippen molar-refractivity contribution in [2.45, 2.75) is 25.7 Å². The van der Waals surface area contributed by atoms with Crippen LogP contribution in [0, 0.1) is 13.8 Å². The Morgan fingerprint density at radius 3 is 2.56 bits per heavy atom. The smallest absolute Gasteiger partial charge is 0.179 e. The van der Waals surface area contributed by atoms with Gasteiger partial charge in [0.15, 0.2) is 9.84 Å². The van der Waals surface area contributed by atoms with E-state index in [0.717, 1.165) is 17.7 Å². The largest absolute Gasteiger partial charge is 0.316 e. The van der Waals surface area contributed by atoms with Gasteiger partial charge in [-0.25, -0.2) is 8.42 Å². The summed E-state index contributed by atoms with van der Waals surface area (Å²) in [5.41, 5.74) is 1.80. The summed E-state index contributed by atoms with van der Waals surface area (Å²) < 4.78 is 24.1. The third kappa shape index (κ3) is 3.32. The van der Waals surface area contributed by atoms with E-state index >= 15 is 0 Å². The van der Waals surface area contributed by atoms with Crippen molar-refractivity contribution in [1.29, 1.82) is 0 Å². The summed E-state index contributed by atoms with van der Waals surface area (Å²) >= 11 is 0. The first kappa shape index (κ1) is 13.2. The molecular formula is C12H19NO2S. The molecule has 0 aromatic heterocycles. The number of aryl methyl sites for hydroxylation is 2. The van der Waals surface area contributed by atoms with Crippen LogP contribution >= 0.6 is 0 Å². The van der Waals surface area contributed by atoms with Crippen LogP contribution in [-0.2, 0) is 9.84 Å². The normalized spacial score (nSPS) is 11.7. The average Bonchev–Trinajstić information content (AvgIpc) is 2.22. The highest BCUT2D eigenvalue weighted by Gasteiger charge is 2.16. The highest BCUT2D eigenvalue weighted by molar-refractivity contribution is 7.91. The molecule has 16 heavy (non-hydrogen) atoms. The SMILES string of the molecule is CCNCCS(=O)(=O)c1cc(C)ccc1C. The van der Waals surface area contributed by atoms with E-state index < -0.39 is 9.84 Å². The van der Waals surface area contributed by atoms with Crippen molar-refractivity contribution in [2.75, 3.05) is 18.8 Å². The Hall–Kier alpha value is -0.870. The third-order valence-corrected chi connectivity index (χ3v) is 4.33. The third-order valence-electron chi connectivity index (χ3n) is 2.48. The molecule has 1 aromatic rings. The van der Waals surface area contributed by atoms with Crippen LogP contribution in [0.4, 0.5) is 0 Å². The summed E-state index contributed by atoms with van der Waals surface area (Å²) in [7, 11) is -3.15. The number of nitrogens with one attached hydrogen (secondary N) is 1. The van der Waals surface area contributed by atoms with Gasteiger partial charge < -0.3 is 5.32 Å². The minimum absolute atomic E-state index is 0.158. The highest BCUT2D eigenvalue weighted by atomic mass is 32.2. The summed E-state index contributed by atoms with van der Waals surface area (Å²) in [6, 6.07) is 5.53. The van der Waals surface area contributed by atoms with Gasteiger partial charge in [-0.05, 0) is 37.6 Å². The molecule has 1 rings (SSSR count). The van der Waals surface area contributed by atoms with Gasteiger partial charge in [-0.3, -0.25) is 0 Å². The Labute approximate surface area is 97.8 Å². The van der Waals surface area contributed by atoms with E-state index in [-0.39, 0.29) is 5.75 Å². The predicted molar refractivity (Wildman–Crippen MR) is 66.5 cm³/mol. The Morgan fingerprint density at radius 2 is 1.94 bits per heavy atom. The zero-order valence-corrected chi connectivity index (χ0v) is 10.9. The van der Waals surface area contributed by atoms with Crippen molar-refractivity contribution in [2.24, 2.45) is 0 Å². The van der Waals surface area contributed by atoms with Gasteiger partial charge >= 0.3 is 0 Å². The van der Waals surface area contributed by atoms with Gasteiger partial charge in [-0.1, -0.05) is 19.1 Å². The maximum absolute atomic E-state index is 12.0. The molecule has 90 valence electrons. The molecule has 0 saturated carbocycles. The van der Waals surface area contributed by atoms with E-state index in [4.69, 9.17) is 0 Å². The molecule has 0 spiro atoms. The Kier molecular flexibility index (Phi) is 4.50. The van der Waals surface area contributed by atoms with Gasteiger partial charge in [-0.2, -0.15) is 0 Å². The zero-order chi connectivity index (χ0) is 12.2. The van der Waals surface area contributed by atoms with E-state index in [1.165, 1.54) is 0 Å². The molecule has 0 saturated heterocycles. The maximum Gasteiger partial charge on any atom is 0.179 e. The molecular weight excluding hydrogens is 222 g/mol. The number of hydrogen-bond donors (Lipinski definition) is 1. The van der Waals surface area contributed by atoms with E-state index in [9.17, 15) is 8.42 Å². The van der Waals surface area contributed by atoms with Gasteiger partial charge in [0, 0.05) is 6.54 Å². The minimum Gasteiger partial charge on any atom is -0.316 e. The minimum atomic E-state index is -3.15. The number of hydrogen-bond acceptors (Lipinski definition) is 3. The molecule has 1 N–H and O–H groups in total. The monoisotopic (exact) mass is 241 g/mol. The van der Waals surface area contributed by atoms with E-state index in [1.807, 2.05) is 32.9 Å². The molecule has 0 amide bonds. The molecule has 3 nitrogen and oxygen atoms in total. The van der Waals surface area contributed by atoms with Crippen molar-refractivity contribution in [3.8, 4) is 0 Å². The van der Waals surface area contributed by atoms with Crippen LogP contribution in [0.1, 0.15) is 18.1 Å². The van der Waals surface area contributed by atoms with E-state index in [0.29, 0.717) is 11.4 Å².